The number of nitrogens with zero attached hydrogens (tertiary/aromatic N) is 2. The third kappa shape index (κ3) is 3.69. The zero-order chi connectivity index (χ0) is 19.4. The topological polar surface area (TPSA) is 91.7 Å². The summed E-state index contributed by atoms with van der Waals surface area (Å²) in [6.45, 7) is 0. The summed E-state index contributed by atoms with van der Waals surface area (Å²) >= 11 is 0. The van der Waals surface area contributed by atoms with Crippen molar-refractivity contribution in [1.82, 2.24) is 9.66 Å². The predicted octanol–water partition coefficient (Wildman–Crippen LogP) is 1.74. The van der Waals surface area contributed by atoms with Gasteiger partial charge in [-0.15, -0.1) is 0 Å². The molecule has 0 fully saturated rings. The molecule has 0 atom stereocenters. The van der Waals surface area contributed by atoms with E-state index in [1.54, 1.807) is 36.4 Å². The number of methoxy groups -OCH3 is 3. The van der Waals surface area contributed by atoms with E-state index in [9.17, 15) is 9.59 Å². The number of nitrogens with one attached hydrogen (secondary N) is 1. The second-order valence-electron chi connectivity index (χ2n) is 5.68. The number of ether oxygens (including phenoxy) is 3. The van der Waals surface area contributed by atoms with Gasteiger partial charge in [-0.3, -0.25) is 15.0 Å². The van der Waals surface area contributed by atoms with E-state index >= 15 is 0 Å². The van der Waals surface area contributed by atoms with Crippen LogP contribution >= 0.6 is 0 Å². The number of fused-ring (bicyclic) bond motifs is 1. The number of carbonyl (C=O) groups is 1. The van der Waals surface area contributed by atoms with Crippen LogP contribution in [-0.4, -0.2) is 36.9 Å². The van der Waals surface area contributed by atoms with Crippen molar-refractivity contribution in [3.05, 3.63) is 58.6 Å². The van der Waals surface area contributed by atoms with Crippen molar-refractivity contribution >= 4 is 16.8 Å². The molecule has 0 spiro atoms. The summed E-state index contributed by atoms with van der Waals surface area (Å²) < 4.78 is 16.9. The second-order valence-corrected chi connectivity index (χ2v) is 5.68. The minimum Gasteiger partial charge on any atom is -0.493 e. The van der Waals surface area contributed by atoms with Crippen molar-refractivity contribution in [2.75, 3.05) is 26.8 Å². The van der Waals surface area contributed by atoms with E-state index in [-0.39, 0.29) is 17.9 Å². The molecular weight excluding hydrogens is 350 g/mol. The Kier molecular flexibility index (Phi) is 5.25. The van der Waals surface area contributed by atoms with Crippen molar-refractivity contribution in [2.45, 2.75) is 6.42 Å². The van der Waals surface area contributed by atoms with Crippen LogP contribution in [0.5, 0.6) is 17.2 Å². The molecule has 140 valence electrons. The minimum atomic E-state index is -0.386. The standard InChI is InChI=1S/C19H19N3O5/c1-25-15-8-12(9-16(26-2)18(15)27-3)10-17(23)21-22-11-20-14-7-5-4-6-13(14)19(22)24/h4-9,11H,10H2,1-3H3,(H,21,23). The molecule has 3 aromatic rings. The molecule has 1 heterocycles. The maximum Gasteiger partial charge on any atom is 0.280 e. The van der Waals surface area contributed by atoms with E-state index in [0.29, 0.717) is 33.7 Å². The Morgan fingerprint density at radius 1 is 1.07 bits per heavy atom. The minimum absolute atomic E-state index is 0.00990. The summed E-state index contributed by atoms with van der Waals surface area (Å²) in [5, 5.41) is 0.424. The van der Waals surface area contributed by atoms with E-state index in [0.717, 1.165) is 4.68 Å². The van der Waals surface area contributed by atoms with Gasteiger partial charge in [-0.05, 0) is 29.8 Å². The normalized spacial score (nSPS) is 10.5. The zero-order valence-corrected chi connectivity index (χ0v) is 15.2. The molecule has 1 amide bonds. The number of aromatic nitrogens is 2. The van der Waals surface area contributed by atoms with Crippen molar-refractivity contribution < 1.29 is 19.0 Å². The number of para-hydroxylation sites is 1. The van der Waals surface area contributed by atoms with Gasteiger partial charge in [0.25, 0.3) is 5.56 Å². The van der Waals surface area contributed by atoms with E-state index < -0.39 is 0 Å². The molecule has 8 nitrogen and oxygen atoms in total. The lowest BCUT2D eigenvalue weighted by atomic mass is 10.1. The smallest absolute Gasteiger partial charge is 0.280 e. The van der Waals surface area contributed by atoms with Crippen molar-refractivity contribution in [2.24, 2.45) is 0 Å². The number of amides is 1. The summed E-state index contributed by atoms with van der Waals surface area (Å²) in [7, 11) is 4.51. The number of hydrogen-bond donors (Lipinski definition) is 1. The SMILES string of the molecule is COc1cc(CC(=O)Nn2cnc3ccccc3c2=O)cc(OC)c1OC. The summed E-state index contributed by atoms with van der Waals surface area (Å²) in [5.41, 5.74) is 3.41. The Morgan fingerprint density at radius 3 is 2.37 bits per heavy atom. The highest BCUT2D eigenvalue weighted by Gasteiger charge is 2.15. The van der Waals surface area contributed by atoms with Gasteiger partial charge in [0, 0.05) is 0 Å². The highest BCUT2D eigenvalue weighted by Crippen LogP contribution is 2.38. The molecular formula is C19H19N3O5. The molecule has 1 N–H and O–H groups in total. The first-order valence-electron chi connectivity index (χ1n) is 8.12. The summed E-state index contributed by atoms with van der Waals surface area (Å²) in [4.78, 5) is 29.0. The first kappa shape index (κ1) is 18.2. The molecule has 1 aromatic heterocycles. The Labute approximate surface area is 155 Å². The highest BCUT2D eigenvalue weighted by atomic mass is 16.5. The van der Waals surface area contributed by atoms with Gasteiger partial charge in [-0.2, -0.15) is 0 Å². The largest absolute Gasteiger partial charge is 0.493 e. The Hall–Kier alpha value is -3.55. The molecule has 0 aliphatic carbocycles. The van der Waals surface area contributed by atoms with Gasteiger partial charge in [0.1, 0.15) is 6.33 Å². The highest BCUT2D eigenvalue weighted by molar-refractivity contribution is 5.86. The lowest BCUT2D eigenvalue weighted by Gasteiger charge is -2.14. The van der Waals surface area contributed by atoms with Crippen molar-refractivity contribution in [1.29, 1.82) is 0 Å². The first-order chi connectivity index (χ1) is 13.1. The summed E-state index contributed by atoms with van der Waals surface area (Å²) in [5.74, 6) is 0.955. The molecule has 0 bridgehead atoms. The van der Waals surface area contributed by atoms with Crippen molar-refractivity contribution in [3.8, 4) is 17.2 Å². The Bertz CT molecular complexity index is 1020. The number of benzene rings is 2. The van der Waals surface area contributed by atoms with Crippen LogP contribution in [-0.2, 0) is 11.2 Å². The molecule has 0 aliphatic heterocycles. The van der Waals surface area contributed by atoms with Crippen molar-refractivity contribution in [3.63, 3.8) is 0 Å². The molecule has 0 unspecified atom stereocenters. The van der Waals surface area contributed by atoms with Gasteiger partial charge in [0.15, 0.2) is 11.5 Å². The molecule has 2 aromatic carbocycles. The molecule has 3 rings (SSSR count). The number of hydrogen-bond acceptors (Lipinski definition) is 6. The third-order valence-corrected chi connectivity index (χ3v) is 4.00. The second kappa shape index (κ2) is 7.77. The monoisotopic (exact) mass is 369 g/mol. The van der Waals surface area contributed by atoms with Gasteiger partial charge in [0.05, 0.1) is 38.7 Å². The van der Waals surface area contributed by atoms with E-state index in [1.165, 1.54) is 27.7 Å². The molecule has 8 heteroatoms. The lowest BCUT2D eigenvalue weighted by Crippen LogP contribution is -2.34. The quantitative estimate of drug-likeness (QED) is 0.712. The number of carbonyl (C=O) groups excluding carboxylic acids is 1. The fraction of sp³-hybridized carbons (Fsp3) is 0.211. The van der Waals surface area contributed by atoms with Crippen LogP contribution in [0.1, 0.15) is 5.56 Å². The lowest BCUT2D eigenvalue weighted by molar-refractivity contribution is -0.116. The maximum atomic E-state index is 12.5. The fourth-order valence-electron chi connectivity index (χ4n) is 2.75. The van der Waals surface area contributed by atoms with Crippen LogP contribution in [0, 0.1) is 0 Å². The van der Waals surface area contributed by atoms with E-state index in [2.05, 4.69) is 10.4 Å². The van der Waals surface area contributed by atoms with Crippen LogP contribution in [0.4, 0.5) is 0 Å². The first-order valence-corrected chi connectivity index (χ1v) is 8.12. The van der Waals surface area contributed by atoms with Crippen LogP contribution in [0.25, 0.3) is 10.9 Å². The van der Waals surface area contributed by atoms with Crippen LogP contribution in [0.15, 0.2) is 47.5 Å². The van der Waals surface area contributed by atoms with Crippen LogP contribution < -0.4 is 25.2 Å². The number of rotatable bonds is 6. The van der Waals surface area contributed by atoms with Gasteiger partial charge in [-0.25, -0.2) is 9.66 Å². The average molecular weight is 369 g/mol. The molecule has 0 radical (unpaired) electrons. The maximum absolute atomic E-state index is 12.5. The van der Waals surface area contributed by atoms with Gasteiger partial charge >= 0.3 is 0 Å². The summed E-state index contributed by atoms with van der Waals surface area (Å²) in [6, 6.07) is 10.3. The van der Waals surface area contributed by atoms with Gasteiger partial charge in [-0.1, -0.05) is 12.1 Å². The van der Waals surface area contributed by atoms with Crippen LogP contribution in [0.2, 0.25) is 0 Å². The molecule has 0 aliphatic rings. The van der Waals surface area contributed by atoms with Gasteiger partial charge < -0.3 is 14.2 Å². The predicted molar refractivity (Wildman–Crippen MR) is 100 cm³/mol. The molecule has 27 heavy (non-hydrogen) atoms. The third-order valence-electron chi connectivity index (χ3n) is 4.00. The molecule has 0 saturated carbocycles. The Balaban J connectivity index is 1.84. The van der Waals surface area contributed by atoms with E-state index in [1.807, 2.05) is 0 Å². The fourth-order valence-corrected chi connectivity index (χ4v) is 2.75. The molecule has 0 saturated heterocycles. The average Bonchev–Trinajstić information content (AvgIpc) is 2.69. The van der Waals surface area contributed by atoms with Crippen LogP contribution in [0.3, 0.4) is 0 Å². The zero-order valence-electron chi connectivity index (χ0n) is 15.2. The Morgan fingerprint density at radius 2 is 1.74 bits per heavy atom. The summed E-state index contributed by atoms with van der Waals surface area (Å²) in [6.07, 6.45) is 1.30. The van der Waals surface area contributed by atoms with E-state index in [4.69, 9.17) is 14.2 Å². The van der Waals surface area contributed by atoms with Gasteiger partial charge in [0.2, 0.25) is 11.7 Å².